The lowest BCUT2D eigenvalue weighted by Gasteiger charge is -1.93. The molecule has 1 rings (SSSR count). The molecule has 2 nitrogen and oxygen atoms in total. The van der Waals surface area contributed by atoms with Crippen LogP contribution in [0.4, 0.5) is 5.69 Å². The first-order valence-electron chi connectivity index (χ1n) is 2.98. The lowest BCUT2D eigenvalue weighted by atomic mass is 10.3. The van der Waals surface area contributed by atoms with E-state index >= 15 is 0 Å². The van der Waals surface area contributed by atoms with Gasteiger partial charge in [0, 0.05) is 10.2 Å². The normalized spacial score (nSPS) is 8.80. The highest BCUT2D eigenvalue weighted by molar-refractivity contribution is 6.35. The predicted octanol–water partition coefficient (Wildman–Crippen LogP) is -0.355. The van der Waals surface area contributed by atoms with Crippen molar-refractivity contribution in [2.24, 2.45) is 4.99 Å². The van der Waals surface area contributed by atoms with Crippen molar-refractivity contribution < 1.29 is 4.79 Å². The van der Waals surface area contributed by atoms with Gasteiger partial charge in [0.1, 0.15) is 0 Å². The number of hydrogen-bond acceptors (Lipinski definition) is 2. The van der Waals surface area contributed by atoms with E-state index in [4.69, 9.17) is 0 Å². The van der Waals surface area contributed by atoms with E-state index in [1.807, 2.05) is 24.3 Å². The molecule has 10 heavy (non-hydrogen) atoms. The molecule has 0 atom stereocenters. The first-order chi connectivity index (χ1) is 4.84. The van der Waals surface area contributed by atoms with Crippen LogP contribution in [-0.2, 0) is 4.79 Å². The molecule has 0 bridgehead atoms. The fourth-order valence-corrected chi connectivity index (χ4v) is 1.21. The fourth-order valence-electron chi connectivity index (χ4n) is 0.738. The zero-order valence-corrected chi connectivity index (χ0v) is 7.66. The zero-order valence-electron chi connectivity index (χ0n) is 5.66. The molecule has 0 aromatic heterocycles. The summed E-state index contributed by atoms with van der Waals surface area (Å²) < 4.78 is 0. The van der Waals surface area contributed by atoms with E-state index in [0.29, 0.717) is 0 Å². The Hall–Kier alpha value is -1.18. The van der Waals surface area contributed by atoms with Gasteiger partial charge in [-0.1, -0.05) is 18.2 Å². The molecule has 1 aromatic rings. The number of rotatable bonds is 1. The van der Waals surface area contributed by atoms with Gasteiger partial charge in [-0.2, -0.15) is 4.99 Å². The van der Waals surface area contributed by atoms with Crippen LogP contribution in [0.1, 0.15) is 0 Å². The van der Waals surface area contributed by atoms with Gasteiger partial charge < -0.3 is 0 Å². The monoisotopic (exact) mass is 149 g/mol. The molecular weight excluding hydrogens is 142 g/mol. The topological polar surface area (TPSA) is 29.4 Å². The van der Waals surface area contributed by atoms with E-state index in [0.717, 1.165) is 21.1 Å². The van der Waals surface area contributed by atoms with Gasteiger partial charge in [-0.05, 0) is 11.3 Å². The van der Waals surface area contributed by atoms with Crippen molar-refractivity contribution >= 4 is 27.2 Å². The Balaban J connectivity index is 3.14. The Morgan fingerprint density at radius 2 is 2.10 bits per heavy atom. The smallest absolute Gasteiger partial charge is 0.211 e. The summed E-state index contributed by atoms with van der Waals surface area (Å²) in [6.07, 6.45) is 1.52. The molecule has 0 radical (unpaired) electrons. The Morgan fingerprint density at radius 1 is 1.40 bits per heavy atom. The van der Waals surface area contributed by atoms with Crippen LogP contribution in [0.3, 0.4) is 0 Å². The van der Waals surface area contributed by atoms with Crippen LogP contribution in [0.2, 0.25) is 0 Å². The number of para-hydroxylation sites is 1. The fraction of sp³-hybridized carbons (Fsp3) is 0. The molecule has 0 aliphatic rings. The highest BCUT2D eigenvalue weighted by atomic mass is 28.1. The minimum Gasteiger partial charge on any atom is -0.211 e. The molecule has 0 aliphatic heterocycles. The van der Waals surface area contributed by atoms with Crippen LogP contribution in [-0.4, -0.2) is 16.3 Å². The number of carbonyl (C=O) groups excluding carboxylic acids is 1. The highest BCUT2D eigenvalue weighted by Crippen LogP contribution is 2.03. The summed E-state index contributed by atoms with van der Waals surface area (Å²) in [5, 5.41) is 1.13. The molecule has 0 N–H and O–H groups in total. The van der Waals surface area contributed by atoms with E-state index in [2.05, 4.69) is 4.99 Å². The van der Waals surface area contributed by atoms with Crippen molar-refractivity contribution in [1.29, 1.82) is 0 Å². The third-order valence-corrected chi connectivity index (χ3v) is 2.13. The van der Waals surface area contributed by atoms with Gasteiger partial charge in [-0.3, -0.25) is 0 Å². The Labute approximate surface area is 62.0 Å². The van der Waals surface area contributed by atoms with E-state index in [1.165, 1.54) is 6.08 Å². The summed E-state index contributed by atoms with van der Waals surface area (Å²) >= 11 is 0. The van der Waals surface area contributed by atoms with Crippen molar-refractivity contribution in [2.45, 2.75) is 0 Å². The maximum atomic E-state index is 9.85. The molecular formula is C7H7NOSi. The third-order valence-electron chi connectivity index (χ3n) is 1.28. The highest BCUT2D eigenvalue weighted by Gasteiger charge is 1.90. The van der Waals surface area contributed by atoms with E-state index in [9.17, 15) is 4.79 Å². The van der Waals surface area contributed by atoms with Crippen molar-refractivity contribution in [1.82, 2.24) is 0 Å². The number of aliphatic imine (C=N–C) groups is 1. The van der Waals surface area contributed by atoms with Gasteiger partial charge >= 0.3 is 0 Å². The van der Waals surface area contributed by atoms with Crippen molar-refractivity contribution in [3.8, 4) is 0 Å². The van der Waals surface area contributed by atoms with Crippen LogP contribution < -0.4 is 5.19 Å². The number of benzene rings is 1. The van der Waals surface area contributed by atoms with Crippen LogP contribution in [0.15, 0.2) is 29.3 Å². The van der Waals surface area contributed by atoms with Gasteiger partial charge in [-0.25, -0.2) is 4.79 Å². The molecule has 50 valence electrons. The van der Waals surface area contributed by atoms with Gasteiger partial charge in [0.05, 0.1) is 5.69 Å². The van der Waals surface area contributed by atoms with Crippen molar-refractivity contribution in [3.63, 3.8) is 0 Å². The molecule has 3 heteroatoms. The van der Waals surface area contributed by atoms with Crippen LogP contribution in [0.5, 0.6) is 0 Å². The SMILES string of the molecule is O=C=Nc1ccccc1[SiH3]. The zero-order chi connectivity index (χ0) is 7.40. The minimum atomic E-state index is 0.754. The lowest BCUT2D eigenvalue weighted by molar-refractivity contribution is 0.565. The molecule has 0 fully saturated rings. The largest absolute Gasteiger partial charge is 0.240 e. The standard InChI is InChI=1S/C7H7NOSi/c9-5-8-6-3-1-2-4-7(6)10/h1-4H,10H3. The molecule has 0 heterocycles. The Morgan fingerprint density at radius 3 is 2.70 bits per heavy atom. The number of nitrogens with zero attached hydrogens (tertiary/aromatic N) is 1. The minimum absolute atomic E-state index is 0.754. The average molecular weight is 149 g/mol. The van der Waals surface area contributed by atoms with Crippen molar-refractivity contribution in [3.05, 3.63) is 24.3 Å². The van der Waals surface area contributed by atoms with Gasteiger partial charge in [0.25, 0.3) is 0 Å². The molecule has 0 saturated heterocycles. The first kappa shape index (κ1) is 6.93. The molecule has 0 unspecified atom stereocenters. The van der Waals surface area contributed by atoms with Gasteiger partial charge in [0.15, 0.2) is 0 Å². The van der Waals surface area contributed by atoms with Crippen LogP contribution >= 0.6 is 0 Å². The van der Waals surface area contributed by atoms with Crippen LogP contribution in [0, 0.1) is 0 Å². The predicted molar refractivity (Wildman–Crippen MR) is 43.8 cm³/mol. The Kier molecular flexibility index (Phi) is 2.15. The van der Waals surface area contributed by atoms with Gasteiger partial charge in [0.2, 0.25) is 6.08 Å². The van der Waals surface area contributed by atoms with E-state index in [1.54, 1.807) is 0 Å². The average Bonchev–Trinajstić information content (AvgIpc) is 1.94. The summed E-state index contributed by atoms with van der Waals surface area (Å²) in [5.41, 5.74) is 0.754. The summed E-state index contributed by atoms with van der Waals surface area (Å²) in [6.45, 7) is 0. The molecule has 0 amide bonds. The number of isocyanates is 1. The second kappa shape index (κ2) is 3.10. The van der Waals surface area contributed by atoms with Crippen LogP contribution in [0.25, 0.3) is 0 Å². The molecule has 0 saturated carbocycles. The van der Waals surface area contributed by atoms with Crippen molar-refractivity contribution in [2.75, 3.05) is 0 Å². The second-order valence-electron chi connectivity index (χ2n) is 1.99. The maximum absolute atomic E-state index is 9.85. The molecule has 0 spiro atoms. The Bertz CT molecular complexity index is 279. The summed E-state index contributed by atoms with van der Waals surface area (Å²) in [6, 6.07) is 7.57. The maximum Gasteiger partial charge on any atom is 0.240 e. The van der Waals surface area contributed by atoms with E-state index < -0.39 is 0 Å². The molecule has 0 aliphatic carbocycles. The summed E-state index contributed by atoms with van der Waals surface area (Å²) in [7, 11) is 0.917. The third kappa shape index (κ3) is 1.40. The lowest BCUT2D eigenvalue weighted by Crippen LogP contribution is -2.00. The summed E-state index contributed by atoms with van der Waals surface area (Å²) in [4.78, 5) is 13.4. The summed E-state index contributed by atoms with van der Waals surface area (Å²) in [5.74, 6) is 0. The molecule has 1 aromatic carbocycles. The van der Waals surface area contributed by atoms with Gasteiger partial charge in [-0.15, -0.1) is 0 Å². The quantitative estimate of drug-likeness (QED) is 0.305. The first-order valence-corrected chi connectivity index (χ1v) is 3.98. The van der Waals surface area contributed by atoms with E-state index in [-0.39, 0.29) is 0 Å². The second-order valence-corrected chi connectivity index (χ2v) is 3.07. The number of hydrogen-bond donors (Lipinski definition) is 0.